The third kappa shape index (κ3) is 2.49. The minimum atomic E-state index is -0.729. The van der Waals surface area contributed by atoms with Crippen molar-refractivity contribution in [2.75, 3.05) is 14.2 Å². The monoisotopic (exact) mass is 263 g/mol. The molecule has 0 saturated heterocycles. The Bertz CT molecular complexity index is 619. The zero-order valence-electron chi connectivity index (χ0n) is 10.3. The molecule has 0 amide bonds. The average Bonchev–Trinajstić information content (AvgIpc) is 2.46. The quantitative estimate of drug-likeness (QED) is 0.773. The highest BCUT2D eigenvalue weighted by Crippen LogP contribution is 2.20. The van der Waals surface area contributed by atoms with Crippen molar-refractivity contribution in [1.82, 2.24) is 15.0 Å². The van der Waals surface area contributed by atoms with E-state index in [0.29, 0.717) is 0 Å². The van der Waals surface area contributed by atoms with Gasteiger partial charge >= 0.3 is 0 Å². The molecule has 2 aromatic rings. The van der Waals surface area contributed by atoms with Gasteiger partial charge in [-0.2, -0.15) is 4.98 Å². The molecule has 0 aliphatic carbocycles. The second kappa shape index (κ2) is 5.38. The first kappa shape index (κ1) is 12.9. The molecule has 0 aliphatic heterocycles. The van der Waals surface area contributed by atoms with Crippen LogP contribution in [0.2, 0.25) is 0 Å². The van der Waals surface area contributed by atoms with E-state index in [2.05, 4.69) is 15.0 Å². The van der Waals surface area contributed by atoms with Crippen molar-refractivity contribution in [2.45, 2.75) is 0 Å². The fourth-order valence-electron chi connectivity index (χ4n) is 1.42. The van der Waals surface area contributed by atoms with E-state index in [1.807, 2.05) is 0 Å². The third-order valence-electron chi connectivity index (χ3n) is 2.31. The zero-order valence-corrected chi connectivity index (χ0v) is 10.3. The summed E-state index contributed by atoms with van der Waals surface area (Å²) in [4.78, 5) is 23.6. The summed E-state index contributed by atoms with van der Waals surface area (Å²) in [7, 11) is 2.73. The van der Waals surface area contributed by atoms with Crippen LogP contribution >= 0.6 is 0 Å². The first-order chi connectivity index (χ1) is 9.17. The molecule has 2 heterocycles. The maximum Gasteiger partial charge on any atom is 0.247 e. The number of nitrogens with zero attached hydrogens (tertiary/aromatic N) is 3. The molecule has 6 nitrogen and oxygen atoms in total. The average molecular weight is 263 g/mol. The van der Waals surface area contributed by atoms with E-state index in [1.54, 1.807) is 0 Å². The van der Waals surface area contributed by atoms with Crippen LogP contribution in [0.25, 0.3) is 0 Å². The van der Waals surface area contributed by atoms with Gasteiger partial charge in [-0.1, -0.05) is 0 Å². The lowest BCUT2D eigenvalue weighted by molar-refractivity contribution is 0.102. The Balaban J connectivity index is 2.47. The molecule has 0 bridgehead atoms. The van der Waals surface area contributed by atoms with Gasteiger partial charge in [-0.05, 0) is 12.1 Å². The van der Waals surface area contributed by atoms with Crippen LogP contribution in [0.15, 0.2) is 24.5 Å². The molecule has 0 saturated carbocycles. The highest BCUT2D eigenvalue weighted by molar-refractivity contribution is 6.07. The number of hydrogen-bond acceptors (Lipinski definition) is 6. The Kier molecular flexibility index (Phi) is 3.65. The van der Waals surface area contributed by atoms with Crippen LogP contribution in [-0.4, -0.2) is 35.0 Å². The molecule has 19 heavy (non-hydrogen) atoms. The van der Waals surface area contributed by atoms with Gasteiger partial charge in [-0.3, -0.25) is 4.79 Å². The topological polar surface area (TPSA) is 74.2 Å². The minimum Gasteiger partial charge on any atom is -0.480 e. The van der Waals surface area contributed by atoms with Gasteiger partial charge in [0, 0.05) is 6.20 Å². The van der Waals surface area contributed by atoms with Crippen LogP contribution in [0.3, 0.4) is 0 Å². The van der Waals surface area contributed by atoms with Gasteiger partial charge in [-0.25, -0.2) is 14.4 Å². The normalized spacial score (nSPS) is 10.1. The summed E-state index contributed by atoms with van der Waals surface area (Å²) in [5.41, 5.74) is -0.457. The van der Waals surface area contributed by atoms with E-state index in [4.69, 9.17) is 9.47 Å². The summed E-state index contributed by atoms with van der Waals surface area (Å²) in [6.45, 7) is 0. The number of hydrogen-bond donors (Lipinski definition) is 0. The summed E-state index contributed by atoms with van der Waals surface area (Å²) < 4.78 is 23.3. The predicted molar refractivity (Wildman–Crippen MR) is 62.8 cm³/mol. The smallest absolute Gasteiger partial charge is 0.247 e. The van der Waals surface area contributed by atoms with Crippen molar-refractivity contribution in [2.24, 2.45) is 0 Å². The van der Waals surface area contributed by atoms with Gasteiger partial charge in [0.1, 0.15) is 5.69 Å². The largest absolute Gasteiger partial charge is 0.480 e. The number of methoxy groups -OCH3 is 2. The predicted octanol–water partition coefficient (Wildman–Crippen LogP) is 1.26. The van der Waals surface area contributed by atoms with Gasteiger partial charge in [0.05, 0.1) is 20.4 Å². The Morgan fingerprint density at radius 3 is 2.63 bits per heavy atom. The fourth-order valence-corrected chi connectivity index (χ4v) is 1.42. The van der Waals surface area contributed by atoms with E-state index >= 15 is 0 Å². The highest BCUT2D eigenvalue weighted by Gasteiger charge is 2.22. The highest BCUT2D eigenvalue weighted by atomic mass is 19.1. The number of pyridine rings is 1. The van der Waals surface area contributed by atoms with Crippen LogP contribution in [0.5, 0.6) is 11.8 Å². The first-order valence-corrected chi connectivity index (χ1v) is 5.27. The number of carbonyl (C=O) groups is 1. The summed E-state index contributed by atoms with van der Waals surface area (Å²) in [6, 6.07) is 2.53. The van der Waals surface area contributed by atoms with Crippen molar-refractivity contribution in [3.8, 4) is 11.8 Å². The SMILES string of the molecule is COc1cnc(C(=O)c2ncccc2F)c(OC)n1. The molecule has 0 aliphatic rings. The molecule has 2 aromatic heterocycles. The minimum absolute atomic E-state index is 0.0468. The van der Waals surface area contributed by atoms with Gasteiger partial charge in [0.2, 0.25) is 17.5 Å². The molecule has 0 spiro atoms. The number of carbonyl (C=O) groups excluding carboxylic acids is 1. The van der Waals surface area contributed by atoms with E-state index in [-0.39, 0.29) is 23.1 Å². The number of ketones is 1. The Hall–Kier alpha value is -2.57. The fraction of sp³-hybridized carbons (Fsp3) is 0.167. The summed E-state index contributed by atoms with van der Waals surface area (Å²) in [5, 5.41) is 0. The van der Waals surface area contributed by atoms with E-state index in [0.717, 1.165) is 6.07 Å². The van der Waals surface area contributed by atoms with Crippen molar-refractivity contribution in [3.63, 3.8) is 0 Å². The Morgan fingerprint density at radius 1 is 1.21 bits per heavy atom. The lowest BCUT2D eigenvalue weighted by atomic mass is 10.2. The van der Waals surface area contributed by atoms with Gasteiger partial charge < -0.3 is 9.47 Å². The molecule has 2 rings (SSSR count). The maximum atomic E-state index is 13.5. The second-order valence-corrected chi connectivity index (χ2v) is 3.43. The van der Waals surface area contributed by atoms with Crippen molar-refractivity contribution in [1.29, 1.82) is 0 Å². The molecule has 0 N–H and O–H groups in total. The van der Waals surface area contributed by atoms with Crippen molar-refractivity contribution in [3.05, 3.63) is 41.7 Å². The van der Waals surface area contributed by atoms with Crippen molar-refractivity contribution < 1.29 is 18.7 Å². The van der Waals surface area contributed by atoms with Crippen molar-refractivity contribution >= 4 is 5.78 Å². The number of rotatable bonds is 4. The van der Waals surface area contributed by atoms with Crippen LogP contribution in [-0.2, 0) is 0 Å². The van der Waals surface area contributed by atoms with Crippen LogP contribution < -0.4 is 9.47 Å². The van der Waals surface area contributed by atoms with Gasteiger partial charge in [0.15, 0.2) is 11.5 Å². The molecule has 0 fully saturated rings. The van der Waals surface area contributed by atoms with E-state index in [1.165, 1.54) is 32.7 Å². The molecular formula is C12H10FN3O3. The molecule has 0 unspecified atom stereocenters. The number of ether oxygens (including phenoxy) is 2. The molecule has 7 heteroatoms. The summed E-state index contributed by atoms with van der Waals surface area (Å²) in [6.07, 6.45) is 2.57. The third-order valence-corrected chi connectivity index (χ3v) is 2.31. The molecule has 98 valence electrons. The summed E-state index contributed by atoms with van der Waals surface area (Å²) in [5.74, 6) is -1.29. The van der Waals surface area contributed by atoms with Gasteiger partial charge in [0.25, 0.3) is 0 Å². The number of halogens is 1. The van der Waals surface area contributed by atoms with E-state index in [9.17, 15) is 9.18 Å². The van der Waals surface area contributed by atoms with Crippen LogP contribution in [0.1, 0.15) is 16.2 Å². The van der Waals surface area contributed by atoms with Crippen LogP contribution in [0, 0.1) is 5.82 Å². The standard InChI is InChI=1S/C12H10FN3O3/c1-18-8-6-15-10(12(16-8)19-2)11(17)9-7(13)4-3-5-14-9/h3-6H,1-2H3. The molecule has 0 aromatic carbocycles. The second-order valence-electron chi connectivity index (χ2n) is 3.43. The lowest BCUT2D eigenvalue weighted by Crippen LogP contribution is -2.12. The molecule has 0 atom stereocenters. The zero-order chi connectivity index (χ0) is 13.8. The maximum absolute atomic E-state index is 13.5. The van der Waals surface area contributed by atoms with E-state index < -0.39 is 11.6 Å². The molecule has 0 radical (unpaired) electrons. The van der Waals surface area contributed by atoms with Gasteiger partial charge in [-0.15, -0.1) is 0 Å². The Morgan fingerprint density at radius 2 is 2.00 bits per heavy atom. The lowest BCUT2D eigenvalue weighted by Gasteiger charge is -2.07. The first-order valence-electron chi connectivity index (χ1n) is 5.27. The Labute approximate surface area is 108 Å². The summed E-state index contributed by atoms with van der Waals surface area (Å²) >= 11 is 0. The van der Waals surface area contributed by atoms with Crippen LogP contribution in [0.4, 0.5) is 4.39 Å². The number of aromatic nitrogens is 3. The molecular weight excluding hydrogens is 253 g/mol.